The van der Waals surface area contributed by atoms with E-state index in [4.69, 9.17) is 27.7 Å². The third kappa shape index (κ3) is 4.97. The van der Waals surface area contributed by atoms with Crippen molar-refractivity contribution in [2.24, 2.45) is 0 Å². The summed E-state index contributed by atoms with van der Waals surface area (Å²) in [5, 5.41) is 9.21. The van der Waals surface area contributed by atoms with Crippen molar-refractivity contribution < 1.29 is 14.2 Å². The molecule has 0 amide bonds. The molecule has 1 saturated heterocycles. The first-order chi connectivity index (χ1) is 8.54. The van der Waals surface area contributed by atoms with E-state index in [1.165, 1.54) is 0 Å². The molecule has 2 unspecified atom stereocenters. The lowest BCUT2D eigenvalue weighted by Gasteiger charge is -2.30. The first-order valence-corrected chi connectivity index (χ1v) is 8.70. The summed E-state index contributed by atoms with van der Waals surface area (Å²) in [7, 11) is -2.99. The van der Waals surface area contributed by atoms with E-state index in [0.717, 1.165) is 13.1 Å². The highest BCUT2D eigenvalue weighted by atomic mass is 35.5. The number of hydrogen-bond acceptors (Lipinski definition) is 3. The van der Waals surface area contributed by atoms with Crippen molar-refractivity contribution in [1.82, 2.24) is 9.34 Å². The first kappa shape index (κ1) is 16.7. The lowest BCUT2D eigenvalue weighted by Crippen LogP contribution is -2.29. The van der Waals surface area contributed by atoms with Crippen molar-refractivity contribution in [3.63, 3.8) is 0 Å². The monoisotopic (exact) mass is 318 g/mol. The highest BCUT2D eigenvalue weighted by Crippen LogP contribution is 2.57. The molecule has 5 nitrogen and oxygen atoms in total. The summed E-state index contributed by atoms with van der Waals surface area (Å²) in [5.41, 5.74) is 0. The van der Waals surface area contributed by atoms with Gasteiger partial charge in [0, 0.05) is 37.9 Å². The Morgan fingerprint density at radius 2 is 1.94 bits per heavy atom. The Balaban J connectivity index is 2.61. The topological polar surface area (TPSA) is 52.8 Å². The Labute approximate surface area is 119 Å². The van der Waals surface area contributed by atoms with Crippen LogP contribution < -0.4 is 0 Å². The van der Waals surface area contributed by atoms with Crippen molar-refractivity contribution in [2.45, 2.75) is 19.4 Å². The van der Waals surface area contributed by atoms with Gasteiger partial charge in [0.2, 0.25) is 0 Å². The number of nitrogens with zero attached hydrogens (tertiary/aromatic N) is 2. The maximum atomic E-state index is 12.9. The largest absolute Gasteiger partial charge is 0.393 e. The molecule has 18 heavy (non-hydrogen) atoms. The smallest absolute Gasteiger partial charge is 0.346 e. The standard InChI is InChI=1S/C10H21Cl2N2O3P/c1-10(15)2-9-17-18(16,14-7-8-14)13(5-3-11)6-4-12/h10,15H,2-9H2,1H3. The van der Waals surface area contributed by atoms with Gasteiger partial charge in [0.15, 0.2) is 0 Å². The predicted octanol–water partition coefficient (Wildman–Crippen LogP) is 1.98. The van der Waals surface area contributed by atoms with Gasteiger partial charge in [-0.1, -0.05) is 0 Å². The fraction of sp³-hybridized carbons (Fsp3) is 1.00. The summed E-state index contributed by atoms with van der Waals surface area (Å²) < 4.78 is 22.0. The average Bonchev–Trinajstić information content (AvgIpc) is 3.12. The summed E-state index contributed by atoms with van der Waals surface area (Å²) >= 11 is 11.5. The molecule has 8 heteroatoms. The first-order valence-electron chi connectivity index (χ1n) is 6.10. The van der Waals surface area contributed by atoms with Crippen LogP contribution >= 0.6 is 30.9 Å². The van der Waals surface area contributed by atoms with Crippen molar-refractivity contribution >= 4 is 30.9 Å². The van der Waals surface area contributed by atoms with Crippen LogP contribution in [-0.4, -0.2) is 65.1 Å². The second kappa shape index (κ2) is 8.05. The molecule has 1 aliphatic heterocycles. The van der Waals surface area contributed by atoms with Crippen LogP contribution in [0.25, 0.3) is 0 Å². The number of hydrogen-bond donors (Lipinski definition) is 1. The molecular formula is C10H21Cl2N2O3P. The van der Waals surface area contributed by atoms with E-state index in [1.54, 1.807) is 16.3 Å². The Hall–Kier alpha value is 0.650. The normalized spacial score (nSPS) is 20.9. The molecule has 1 aliphatic rings. The van der Waals surface area contributed by atoms with E-state index in [9.17, 15) is 9.67 Å². The van der Waals surface area contributed by atoms with Crippen LogP contribution in [0.2, 0.25) is 0 Å². The summed E-state index contributed by atoms with van der Waals surface area (Å²) in [6, 6.07) is 0. The van der Waals surface area contributed by atoms with Gasteiger partial charge in [-0.2, -0.15) is 0 Å². The summed E-state index contributed by atoms with van der Waals surface area (Å²) in [6.07, 6.45) is 0.00936. The molecule has 0 aromatic carbocycles. The zero-order valence-corrected chi connectivity index (χ0v) is 13.0. The fourth-order valence-corrected chi connectivity index (χ4v) is 4.51. The zero-order chi connectivity index (χ0) is 13.6. The van der Waals surface area contributed by atoms with E-state index in [1.807, 2.05) is 0 Å². The van der Waals surface area contributed by atoms with Crippen LogP contribution in [0.4, 0.5) is 0 Å². The average molecular weight is 319 g/mol. The van der Waals surface area contributed by atoms with Gasteiger partial charge in [0.1, 0.15) is 0 Å². The molecule has 2 atom stereocenters. The van der Waals surface area contributed by atoms with Crippen molar-refractivity contribution in [3.05, 3.63) is 0 Å². The maximum absolute atomic E-state index is 12.9. The molecule has 0 spiro atoms. The number of aliphatic hydroxyl groups is 1. The van der Waals surface area contributed by atoms with Gasteiger partial charge in [-0.3, -0.25) is 4.57 Å². The molecule has 0 radical (unpaired) electrons. The molecule has 0 saturated carbocycles. The third-order valence-corrected chi connectivity index (χ3v) is 5.71. The van der Waals surface area contributed by atoms with Gasteiger partial charge in [-0.05, 0) is 13.3 Å². The molecule has 1 N–H and O–H groups in total. The minimum Gasteiger partial charge on any atom is -0.393 e. The fourth-order valence-electron chi connectivity index (χ4n) is 1.54. The zero-order valence-electron chi connectivity index (χ0n) is 10.6. The van der Waals surface area contributed by atoms with E-state index >= 15 is 0 Å². The molecule has 0 aliphatic carbocycles. The number of aliphatic hydroxyl groups excluding tert-OH is 1. The van der Waals surface area contributed by atoms with E-state index in [2.05, 4.69) is 0 Å². The molecule has 1 rings (SSSR count). The molecule has 108 valence electrons. The molecule has 0 aromatic rings. The minimum atomic E-state index is -2.99. The van der Waals surface area contributed by atoms with Crippen LogP contribution in [0.3, 0.4) is 0 Å². The number of alkyl halides is 2. The second-order valence-corrected chi connectivity index (χ2v) is 7.37. The van der Waals surface area contributed by atoms with Crippen molar-refractivity contribution in [3.8, 4) is 0 Å². The van der Waals surface area contributed by atoms with Crippen LogP contribution in [-0.2, 0) is 9.09 Å². The Kier molecular flexibility index (Phi) is 7.47. The number of halogens is 2. The lowest BCUT2D eigenvalue weighted by molar-refractivity contribution is 0.147. The van der Waals surface area contributed by atoms with Gasteiger partial charge in [-0.15, -0.1) is 23.2 Å². The molecule has 1 fully saturated rings. The summed E-state index contributed by atoms with van der Waals surface area (Å²) in [6.45, 7) is 4.46. The van der Waals surface area contributed by atoms with Gasteiger partial charge in [0.05, 0.1) is 12.7 Å². The third-order valence-electron chi connectivity index (χ3n) is 2.62. The van der Waals surface area contributed by atoms with E-state index < -0.39 is 13.8 Å². The minimum absolute atomic E-state index is 0.270. The van der Waals surface area contributed by atoms with Crippen LogP contribution in [0.5, 0.6) is 0 Å². The van der Waals surface area contributed by atoms with Crippen molar-refractivity contribution in [1.29, 1.82) is 0 Å². The molecular weight excluding hydrogens is 298 g/mol. The van der Waals surface area contributed by atoms with E-state index in [-0.39, 0.29) is 6.61 Å². The van der Waals surface area contributed by atoms with Crippen LogP contribution in [0, 0.1) is 0 Å². The van der Waals surface area contributed by atoms with Gasteiger partial charge >= 0.3 is 7.67 Å². The second-order valence-electron chi connectivity index (χ2n) is 4.25. The van der Waals surface area contributed by atoms with Crippen LogP contribution in [0.1, 0.15) is 13.3 Å². The lowest BCUT2D eigenvalue weighted by atomic mass is 10.3. The maximum Gasteiger partial charge on any atom is 0.346 e. The van der Waals surface area contributed by atoms with E-state index in [0.29, 0.717) is 31.3 Å². The summed E-state index contributed by atoms with van der Waals surface area (Å²) in [4.78, 5) is 0. The molecule has 1 heterocycles. The molecule has 0 aromatic heterocycles. The SMILES string of the molecule is CC(O)CCOP(=O)(N(CCCl)CCCl)N1CC1. The van der Waals surface area contributed by atoms with Gasteiger partial charge < -0.3 is 9.63 Å². The van der Waals surface area contributed by atoms with Crippen LogP contribution in [0.15, 0.2) is 0 Å². The summed E-state index contributed by atoms with van der Waals surface area (Å²) in [5.74, 6) is 0.767. The highest BCUT2D eigenvalue weighted by Gasteiger charge is 2.44. The Morgan fingerprint density at radius 3 is 2.33 bits per heavy atom. The molecule has 0 bridgehead atoms. The number of rotatable bonds is 10. The van der Waals surface area contributed by atoms with Gasteiger partial charge in [0.25, 0.3) is 0 Å². The van der Waals surface area contributed by atoms with Gasteiger partial charge in [-0.25, -0.2) is 9.34 Å². The quantitative estimate of drug-likeness (QED) is 0.379. The Bertz CT molecular complexity index is 284. The Morgan fingerprint density at radius 1 is 1.39 bits per heavy atom. The predicted molar refractivity (Wildman–Crippen MR) is 74.4 cm³/mol. The van der Waals surface area contributed by atoms with Crippen molar-refractivity contribution in [2.75, 3.05) is 44.5 Å². The highest BCUT2D eigenvalue weighted by molar-refractivity contribution is 7.54.